The second-order valence-corrected chi connectivity index (χ2v) is 12.2. The molecule has 234 valence electrons. The number of halogens is 2. The van der Waals surface area contributed by atoms with Crippen molar-refractivity contribution in [2.45, 2.75) is 19.5 Å². The van der Waals surface area contributed by atoms with Crippen molar-refractivity contribution >= 4 is 41.2 Å². The first kappa shape index (κ1) is 31.0. The van der Waals surface area contributed by atoms with Gasteiger partial charge in [0.05, 0.1) is 34.2 Å². The summed E-state index contributed by atoms with van der Waals surface area (Å²) in [6.45, 7) is 5.30. The van der Waals surface area contributed by atoms with Crippen LogP contribution in [0.5, 0.6) is 5.88 Å². The number of methoxy groups -OCH3 is 1. The number of fused-ring (bicyclic) bond motifs is 1. The quantitative estimate of drug-likeness (QED) is 0.270. The van der Waals surface area contributed by atoms with E-state index in [0.717, 1.165) is 55.0 Å². The number of hydrogen-bond donors (Lipinski definition) is 1. The first-order valence-corrected chi connectivity index (χ1v) is 15.6. The topological polar surface area (TPSA) is 95.8 Å². The van der Waals surface area contributed by atoms with Gasteiger partial charge in [0.2, 0.25) is 12.3 Å². The smallest absolute Gasteiger partial charge is 0.291 e. The highest BCUT2D eigenvalue weighted by atomic mass is 35.5. The van der Waals surface area contributed by atoms with E-state index in [2.05, 4.69) is 20.1 Å². The van der Waals surface area contributed by atoms with E-state index in [1.807, 2.05) is 61.1 Å². The van der Waals surface area contributed by atoms with Crippen LogP contribution < -0.4 is 10.1 Å². The lowest BCUT2D eigenvalue weighted by molar-refractivity contribution is -0.119. The highest BCUT2D eigenvalue weighted by molar-refractivity contribution is 6.39. The van der Waals surface area contributed by atoms with Gasteiger partial charge in [-0.1, -0.05) is 59.6 Å². The van der Waals surface area contributed by atoms with Gasteiger partial charge < -0.3 is 24.4 Å². The SMILES string of the molecule is COc1nc(-c2cccc(-c3cccc(NC(=O)c4nc5c(n4C)CCN(C)C5)c3Cl)c2Cl)ccc1CN1CCN(C=O)CC1. The van der Waals surface area contributed by atoms with Gasteiger partial charge in [-0.15, -0.1) is 0 Å². The Bertz CT molecular complexity index is 1750. The molecule has 1 N–H and O–H groups in total. The summed E-state index contributed by atoms with van der Waals surface area (Å²) in [5, 5.41) is 3.82. The third-order valence-electron chi connectivity index (χ3n) is 8.54. The summed E-state index contributed by atoms with van der Waals surface area (Å²) in [6.07, 6.45) is 1.75. The number of imidazole rings is 1. The maximum absolute atomic E-state index is 13.4. The third kappa shape index (κ3) is 6.28. The largest absolute Gasteiger partial charge is 0.481 e. The Labute approximate surface area is 272 Å². The van der Waals surface area contributed by atoms with Crippen molar-refractivity contribution in [1.29, 1.82) is 0 Å². The van der Waals surface area contributed by atoms with Crippen molar-refractivity contribution in [3.05, 3.63) is 81.4 Å². The van der Waals surface area contributed by atoms with E-state index in [9.17, 15) is 9.59 Å². The van der Waals surface area contributed by atoms with E-state index in [1.54, 1.807) is 18.1 Å². The number of rotatable bonds is 8. The maximum atomic E-state index is 13.4. The van der Waals surface area contributed by atoms with Gasteiger partial charge >= 0.3 is 0 Å². The molecule has 1 fully saturated rings. The number of carbonyl (C=O) groups excluding carboxylic acids is 2. The highest BCUT2D eigenvalue weighted by Gasteiger charge is 2.25. The zero-order valence-electron chi connectivity index (χ0n) is 25.5. The van der Waals surface area contributed by atoms with Crippen LogP contribution in [0.2, 0.25) is 10.0 Å². The Morgan fingerprint density at radius 1 is 0.933 bits per heavy atom. The number of anilines is 1. The fourth-order valence-corrected chi connectivity index (χ4v) is 6.60. The fourth-order valence-electron chi connectivity index (χ4n) is 6.00. The number of aromatic nitrogens is 3. The van der Waals surface area contributed by atoms with E-state index in [0.29, 0.717) is 70.4 Å². The molecule has 2 aromatic carbocycles. The van der Waals surface area contributed by atoms with Crippen molar-refractivity contribution in [3.63, 3.8) is 0 Å². The zero-order chi connectivity index (χ0) is 31.7. The Kier molecular flexibility index (Phi) is 9.09. The van der Waals surface area contributed by atoms with Crippen molar-refractivity contribution in [2.75, 3.05) is 52.2 Å². The minimum absolute atomic E-state index is 0.324. The molecule has 45 heavy (non-hydrogen) atoms. The Morgan fingerprint density at radius 2 is 1.64 bits per heavy atom. The normalized spacial score (nSPS) is 15.5. The third-order valence-corrected chi connectivity index (χ3v) is 9.36. The summed E-state index contributed by atoms with van der Waals surface area (Å²) in [7, 11) is 5.53. The van der Waals surface area contributed by atoms with Crippen LogP contribution in [0.15, 0.2) is 48.5 Å². The highest BCUT2D eigenvalue weighted by Crippen LogP contribution is 2.41. The van der Waals surface area contributed by atoms with E-state index < -0.39 is 0 Å². The summed E-state index contributed by atoms with van der Waals surface area (Å²) >= 11 is 13.9. The first-order chi connectivity index (χ1) is 21.8. The van der Waals surface area contributed by atoms with Crippen LogP contribution in [0.1, 0.15) is 27.6 Å². The number of pyridine rings is 1. The van der Waals surface area contributed by atoms with Crippen molar-refractivity contribution < 1.29 is 14.3 Å². The summed E-state index contributed by atoms with van der Waals surface area (Å²) < 4.78 is 7.55. The van der Waals surface area contributed by atoms with Gasteiger partial charge in [0.25, 0.3) is 5.91 Å². The Hall–Kier alpha value is -3.96. The molecule has 10 nitrogen and oxygen atoms in total. The number of likely N-dealkylation sites (N-methyl/N-ethyl adjacent to an activating group) is 1. The van der Waals surface area contributed by atoms with Gasteiger partial charge in [0.1, 0.15) is 0 Å². The second-order valence-electron chi connectivity index (χ2n) is 11.4. The Morgan fingerprint density at radius 3 is 2.38 bits per heavy atom. The molecule has 2 amide bonds. The van der Waals surface area contributed by atoms with Crippen molar-refractivity contribution in [2.24, 2.45) is 7.05 Å². The van der Waals surface area contributed by atoms with Gasteiger partial charge in [0.15, 0.2) is 5.82 Å². The molecule has 2 aliphatic heterocycles. The summed E-state index contributed by atoms with van der Waals surface area (Å²) in [5.74, 6) is 0.552. The molecule has 2 aromatic heterocycles. The van der Waals surface area contributed by atoms with E-state index >= 15 is 0 Å². The van der Waals surface area contributed by atoms with Crippen LogP contribution >= 0.6 is 23.2 Å². The fraction of sp³-hybridized carbons (Fsp3) is 0.333. The lowest BCUT2D eigenvalue weighted by Gasteiger charge is -2.32. The molecule has 0 unspecified atom stereocenters. The second kappa shape index (κ2) is 13.2. The van der Waals surface area contributed by atoms with Crippen LogP contribution in [0.4, 0.5) is 5.69 Å². The van der Waals surface area contributed by atoms with Crippen LogP contribution in [0, 0.1) is 0 Å². The van der Waals surface area contributed by atoms with E-state index in [-0.39, 0.29) is 5.91 Å². The first-order valence-electron chi connectivity index (χ1n) is 14.8. The monoisotopic (exact) mass is 647 g/mol. The van der Waals surface area contributed by atoms with Gasteiger partial charge in [-0.2, -0.15) is 0 Å². The minimum atomic E-state index is -0.324. The summed E-state index contributed by atoms with van der Waals surface area (Å²) in [5.41, 5.74) is 6.22. The van der Waals surface area contributed by atoms with Crippen molar-refractivity contribution in [3.8, 4) is 28.3 Å². The lowest BCUT2D eigenvalue weighted by atomic mass is 10.00. The molecule has 4 heterocycles. The summed E-state index contributed by atoms with van der Waals surface area (Å²) in [4.78, 5) is 40.1. The average molecular weight is 649 g/mol. The number of piperazine rings is 1. The Balaban J connectivity index is 1.25. The standard InChI is InChI=1S/C33H35Cl2N7O3/c1-39-13-12-28-27(19-39)36-31(40(28)2)32(44)37-26-9-5-7-23(30(26)35)22-6-4-8-24(29(22)34)25-11-10-21(33(38-25)45-3)18-41-14-16-42(20-43)17-15-41/h4-11,20H,12-19H2,1-3H3,(H,37,44). The molecule has 12 heteroatoms. The molecule has 4 aromatic rings. The number of ether oxygens (including phenoxy) is 1. The molecule has 0 spiro atoms. The molecule has 0 radical (unpaired) electrons. The molecule has 6 rings (SSSR count). The lowest BCUT2D eigenvalue weighted by Crippen LogP contribution is -2.45. The van der Waals surface area contributed by atoms with Crippen LogP contribution in [0.25, 0.3) is 22.4 Å². The van der Waals surface area contributed by atoms with Gasteiger partial charge in [-0.3, -0.25) is 14.5 Å². The number of amides is 2. The molecular formula is C33H35Cl2N7O3. The predicted molar refractivity (Wildman–Crippen MR) is 176 cm³/mol. The predicted octanol–water partition coefficient (Wildman–Crippen LogP) is 4.98. The van der Waals surface area contributed by atoms with E-state index in [4.69, 9.17) is 32.9 Å². The molecule has 0 atom stereocenters. The van der Waals surface area contributed by atoms with Crippen LogP contribution in [-0.2, 0) is 31.4 Å². The number of carbonyl (C=O) groups is 2. The molecule has 0 bridgehead atoms. The van der Waals surface area contributed by atoms with E-state index in [1.165, 1.54) is 0 Å². The average Bonchev–Trinajstić information content (AvgIpc) is 3.38. The number of nitrogens with one attached hydrogen (secondary N) is 1. The number of nitrogens with zero attached hydrogens (tertiary/aromatic N) is 6. The summed E-state index contributed by atoms with van der Waals surface area (Å²) in [6, 6.07) is 15.1. The zero-order valence-corrected chi connectivity index (χ0v) is 27.0. The molecular weight excluding hydrogens is 613 g/mol. The number of benzene rings is 2. The van der Waals surface area contributed by atoms with Gasteiger partial charge in [0, 0.05) is 87.2 Å². The molecule has 0 aliphatic carbocycles. The van der Waals surface area contributed by atoms with Gasteiger partial charge in [-0.25, -0.2) is 9.97 Å². The van der Waals surface area contributed by atoms with Crippen LogP contribution in [0.3, 0.4) is 0 Å². The molecule has 0 saturated carbocycles. The van der Waals surface area contributed by atoms with Crippen molar-refractivity contribution in [1.82, 2.24) is 29.2 Å². The van der Waals surface area contributed by atoms with Crippen LogP contribution in [-0.4, -0.2) is 88.4 Å². The number of hydrogen-bond acceptors (Lipinski definition) is 7. The molecule has 1 saturated heterocycles. The maximum Gasteiger partial charge on any atom is 0.291 e. The van der Waals surface area contributed by atoms with Gasteiger partial charge in [-0.05, 0) is 19.2 Å². The molecule has 2 aliphatic rings. The minimum Gasteiger partial charge on any atom is -0.481 e.